The standard InChI is InChI=1S/C15H16Cl2O3/c1-2-20-15(19)11(14(18)10-4-5-10)7-9-3-6-12(16)13(17)8-9/h3,6,8,10-11H,2,4-5,7H2,1H3. The lowest BCUT2D eigenvalue weighted by Crippen LogP contribution is -2.29. The van der Waals surface area contributed by atoms with Gasteiger partial charge in [-0.25, -0.2) is 0 Å². The maximum Gasteiger partial charge on any atom is 0.316 e. The van der Waals surface area contributed by atoms with E-state index in [0.29, 0.717) is 16.5 Å². The fourth-order valence-electron chi connectivity index (χ4n) is 2.10. The van der Waals surface area contributed by atoms with Gasteiger partial charge in [-0.15, -0.1) is 0 Å². The van der Waals surface area contributed by atoms with Gasteiger partial charge in [0.2, 0.25) is 0 Å². The fraction of sp³-hybridized carbons (Fsp3) is 0.467. The molecule has 0 saturated heterocycles. The Labute approximate surface area is 128 Å². The third-order valence-electron chi connectivity index (χ3n) is 3.32. The molecule has 1 aliphatic rings. The first kappa shape index (κ1) is 15.3. The van der Waals surface area contributed by atoms with Crippen molar-refractivity contribution in [3.8, 4) is 0 Å². The topological polar surface area (TPSA) is 43.4 Å². The van der Waals surface area contributed by atoms with Crippen LogP contribution in [0.3, 0.4) is 0 Å². The normalized spacial score (nSPS) is 15.8. The van der Waals surface area contributed by atoms with E-state index in [9.17, 15) is 9.59 Å². The van der Waals surface area contributed by atoms with E-state index in [4.69, 9.17) is 27.9 Å². The molecule has 0 aliphatic heterocycles. The monoisotopic (exact) mass is 314 g/mol. The number of carbonyl (C=O) groups excluding carboxylic acids is 2. The fourth-order valence-corrected chi connectivity index (χ4v) is 2.42. The second-order valence-corrected chi connectivity index (χ2v) is 5.75. The maximum absolute atomic E-state index is 12.2. The van der Waals surface area contributed by atoms with E-state index >= 15 is 0 Å². The van der Waals surface area contributed by atoms with Crippen molar-refractivity contribution < 1.29 is 14.3 Å². The highest BCUT2D eigenvalue weighted by Gasteiger charge is 2.39. The first-order valence-electron chi connectivity index (χ1n) is 6.67. The molecule has 0 aromatic heterocycles. The Morgan fingerprint density at radius 2 is 2.00 bits per heavy atom. The van der Waals surface area contributed by atoms with Crippen LogP contribution in [0.4, 0.5) is 0 Å². The van der Waals surface area contributed by atoms with Crippen molar-refractivity contribution >= 4 is 35.0 Å². The van der Waals surface area contributed by atoms with Crippen molar-refractivity contribution in [2.75, 3.05) is 6.61 Å². The Morgan fingerprint density at radius 3 is 2.55 bits per heavy atom. The van der Waals surface area contributed by atoms with Gasteiger partial charge in [0.05, 0.1) is 16.7 Å². The van der Waals surface area contributed by atoms with Crippen LogP contribution in [-0.4, -0.2) is 18.4 Å². The summed E-state index contributed by atoms with van der Waals surface area (Å²) in [5, 5.41) is 0.877. The minimum atomic E-state index is -0.736. The zero-order chi connectivity index (χ0) is 14.7. The number of ether oxygens (including phenoxy) is 1. The third-order valence-corrected chi connectivity index (χ3v) is 4.06. The highest BCUT2D eigenvalue weighted by atomic mass is 35.5. The summed E-state index contributed by atoms with van der Waals surface area (Å²) in [6.45, 7) is 2.00. The first-order valence-corrected chi connectivity index (χ1v) is 7.42. The van der Waals surface area contributed by atoms with Gasteiger partial charge in [-0.1, -0.05) is 29.3 Å². The number of carbonyl (C=O) groups is 2. The molecule has 1 aromatic carbocycles. The van der Waals surface area contributed by atoms with Gasteiger partial charge in [0.15, 0.2) is 5.78 Å². The average Bonchev–Trinajstić information content (AvgIpc) is 3.24. The van der Waals surface area contributed by atoms with Gasteiger partial charge >= 0.3 is 5.97 Å². The molecule has 3 nitrogen and oxygen atoms in total. The second-order valence-electron chi connectivity index (χ2n) is 4.93. The number of hydrogen-bond acceptors (Lipinski definition) is 3. The van der Waals surface area contributed by atoms with Crippen LogP contribution >= 0.6 is 23.2 Å². The molecular formula is C15H16Cl2O3. The predicted molar refractivity (Wildman–Crippen MR) is 78.0 cm³/mol. The van der Waals surface area contributed by atoms with Crippen LogP contribution in [0.25, 0.3) is 0 Å². The van der Waals surface area contributed by atoms with Crippen LogP contribution < -0.4 is 0 Å². The van der Waals surface area contributed by atoms with Crippen LogP contribution in [0.1, 0.15) is 25.3 Å². The highest BCUT2D eigenvalue weighted by molar-refractivity contribution is 6.42. The molecule has 1 saturated carbocycles. The lowest BCUT2D eigenvalue weighted by Gasteiger charge is -2.14. The van der Waals surface area contributed by atoms with Crippen LogP contribution in [0.15, 0.2) is 18.2 Å². The Balaban J connectivity index is 2.15. The van der Waals surface area contributed by atoms with E-state index < -0.39 is 11.9 Å². The minimum absolute atomic E-state index is 0.0190. The van der Waals surface area contributed by atoms with Gasteiger partial charge in [0.25, 0.3) is 0 Å². The van der Waals surface area contributed by atoms with Crippen molar-refractivity contribution in [2.45, 2.75) is 26.2 Å². The van der Waals surface area contributed by atoms with E-state index in [2.05, 4.69) is 0 Å². The lowest BCUT2D eigenvalue weighted by atomic mass is 9.93. The number of hydrogen-bond donors (Lipinski definition) is 0. The van der Waals surface area contributed by atoms with Crippen molar-refractivity contribution in [2.24, 2.45) is 11.8 Å². The molecule has 1 atom stereocenters. The number of halogens is 2. The summed E-state index contributed by atoms with van der Waals surface area (Å²) >= 11 is 11.8. The maximum atomic E-state index is 12.2. The summed E-state index contributed by atoms with van der Waals surface area (Å²) in [7, 11) is 0. The second kappa shape index (κ2) is 6.59. The van der Waals surface area contributed by atoms with Gasteiger partial charge in [-0.2, -0.15) is 0 Å². The Kier molecular flexibility index (Phi) is 5.06. The number of Topliss-reactive ketones (excluding diaryl/α,β-unsaturated/α-hetero) is 1. The molecule has 0 radical (unpaired) electrons. The summed E-state index contributed by atoms with van der Waals surface area (Å²) in [5.74, 6) is -1.18. The largest absolute Gasteiger partial charge is 0.465 e. The van der Waals surface area contributed by atoms with Gasteiger partial charge < -0.3 is 4.74 Å². The van der Waals surface area contributed by atoms with Gasteiger partial charge in [0, 0.05) is 5.92 Å². The smallest absolute Gasteiger partial charge is 0.316 e. The van der Waals surface area contributed by atoms with Crippen LogP contribution in [-0.2, 0) is 20.7 Å². The predicted octanol–water partition coefficient (Wildman–Crippen LogP) is 3.69. The number of rotatable bonds is 6. The molecule has 108 valence electrons. The lowest BCUT2D eigenvalue weighted by molar-refractivity contribution is -0.151. The molecule has 2 rings (SSSR count). The molecule has 0 heterocycles. The van der Waals surface area contributed by atoms with Crippen LogP contribution in [0.2, 0.25) is 10.0 Å². The molecule has 0 spiro atoms. The molecular weight excluding hydrogens is 299 g/mol. The van der Waals surface area contributed by atoms with E-state index in [0.717, 1.165) is 18.4 Å². The first-order chi connectivity index (χ1) is 9.52. The molecule has 1 aliphatic carbocycles. The van der Waals surface area contributed by atoms with Gasteiger partial charge in [0.1, 0.15) is 5.92 Å². The van der Waals surface area contributed by atoms with E-state index in [1.54, 1.807) is 25.1 Å². The molecule has 1 unspecified atom stereocenters. The Bertz CT molecular complexity index is 524. The molecule has 1 fully saturated rings. The van der Waals surface area contributed by atoms with E-state index in [-0.39, 0.29) is 18.3 Å². The SMILES string of the molecule is CCOC(=O)C(Cc1ccc(Cl)c(Cl)c1)C(=O)C1CC1. The number of ketones is 1. The summed E-state index contributed by atoms with van der Waals surface area (Å²) in [6.07, 6.45) is 2.05. The molecule has 20 heavy (non-hydrogen) atoms. The third kappa shape index (κ3) is 3.74. The van der Waals surface area contributed by atoms with E-state index in [1.807, 2.05) is 0 Å². The number of esters is 1. The van der Waals surface area contributed by atoms with Crippen molar-refractivity contribution in [1.29, 1.82) is 0 Å². The quantitative estimate of drug-likeness (QED) is 0.594. The molecule has 0 bridgehead atoms. The molecule has 5 heteroatoms. The van der Waals surface area contributed by atoms with Crippen LogP contribution in [0.5, 0.6) is 0 Å². The van der Waals surface area contributed by atoms with Gasteiger partial charge in [-0.05, 0) is 43.9 Å². The Morgan fingerprint density at radius 1 is 1.30 bits per heavy atom. The van der Waals surface area contributed by atoms with Gasteiger partial charge in [-0.3, -0.25) is 9.59 Å². The number of benzene rings is 1. The van der Waals surface area contributed by atoms with E-state index in [1.165, 1.54) is 0 Å². The van der Waals surface area contributed by atoms with Crippen molar-refractivity contribution in [1.82, 2.24) is 0 Å². The summed E-state index contributed by atoms with van der Waals surface area (Å²) < 4.78 is 5.01. The summed E-state index contributed by atoms with van der Waals surface area (Å²) in [4.78, 5) is 24.2. The minimum Gasteiger partial charge on any atom is -0.465 e. The van der Waals surface area contributed by atoms with Crippen LogP contribution in [0, 0.1) is 11.8 Å². The summed E-state index contributed by atoms with van der Waals surface area (Å²) in [5.41, 5.74) is 0.812. The molecule has 0 N–H and O–H groups in total. The van der Waals surface area contributed by atoms with Crippen molar-refractivity contribution in [3.05, 3.63) is 33.8 Å². The zero-order valence-electron chi connectivity index (χ0n) is 11.2. The Hall–Kier alpha value is -1.06. The zero-order valence-corrected chi connectivity index (χ0v) is 12.7. The summed E-state index contributed by atoms with van der Waals surface area (Å²) in [6, 6.07) is 5.14. The average molecular weight is 315 g/mol. The molecule has 0 amide bonds. The molecule has 1 aromatic rings. The van der Waals surface area contributed by atoms with Crippen molar-refractivity contribution in [3.63, 3.8) is 0 Å². The highest BCUT2D eigenvalue weighted by Crippen LogP contribution is 2.34.